The van der Waals surface area contributed by atoms with Crippen LogP contribution in [-0.2, 0) is 21.5 Å². The Balaban J connectivity index is 2.11. The van der Waals surface area contributed by atoms with Crippen molar-refractivity contribution in [3.05, 3.63) is 64.1 Å². The lowest BCUT2D eigenvalue weighted by atomic mass is 9.87. The molecule has 0 spiro atoms. The number of ether oxygens (including phenoxy) is 1. The van der Waals surface area contributed by atoms with Gasteiger partial charge in [-0.3, -0.25) is 9.59 Å². The van der Waals surface area contributed by atoms with E-state index in [1.54, 1.807) is 14.0 Å². The summed E-state index contributed by atoms with van der Waals surface area (Å²) in [6.45, 7) is 8.33. The van der Waals surface area contributed by atoms with Gasteiger partial charge >= 0.3 is 0 Å². The van der Waals surface area contributed by atoms with Gasteiger partial charge in [-0.2, -0.15) is 0 Å². The monoisotopic (exact) mass is 460 g/mol. The summed E-state index contributed by atoms with van der Waals surface area (Å²) in [5, 5.41) is 2.61. The van der Waals surface area contributed by atoms with Crippen molar-refractivity contribution < 1.29 is 14.3 Å². The molecule has 0 saturated carbocycles. The highest BCUT2D eigenvalue weighted by Gasteiger charge is 2.26. The highest BCUT2D eigenvalue weighted by molar-refractivity contribution is 9.10. The summed E-state index contributed by atoms with van der Waals surface area (Å²) in [5.74, 6) is 0.158. The fourth-order valence-electron chi connectivity index (χ4n) is 2.90. The van der Waals surface area contributed by atoms with Crippen LogP contribution in [0.25, 0.3) is 0 Å². The third-order valence-corrected chi connectivity index (χ3v) is 5.23. The van der Waals surface area contributed by atoms with Crippen LogP contribution in [0.3, 0.4) is 0 Å². The summed E-state index contributed by atoms with van der Waals surface area (Å²) in [7, 11) is 1.56. The van der Waals surface area contributed by atoms with Crippen LogP contribution in [0, 0.1) is 0 Å². The van der Waals surface area contributed by atoms with E-state index in [2.05, 4.69) is 42.0 Å². The van der Waals surface area contributed by atoms with Crippen LogP contribution in [0.15, 0.2) is 53.0 Å². The maximum atomic E-state index is 12.9. The highest BCUT2D eigenvalue weighted by atomic mass is 79.9. The molecule has 0 bridgehead atoms. The van der Waals surface area contributed by atoms with Gasteiger partial charge in [0.25, 0.3) is 5.91 Å². The number of nitrogens with zero attached hydrogens (tertiary/aromatic N) is 1. The molecule has 1 atom stereocenters. The average Bonchev–Trinajstić information content (AvgIpc) is 2.68. The van der Waals surface area contributed by atoms with Crippen molar-refractivity contribution in [2.45, 2.75) is 45.7 Å². The zero-order valence-electron chi connectivity index (χ0n) is 17.7. The summed E-state index contributed by atoms with van der Waals surface area (Å²) >= 11 is 3.44. The first-order valence-electron chi connectivity index (χ1n) is 9.60. The third-order valence-electron chi connectivity index (χ3n) is 4.74. The van der Waals surface area contributed by atoms with E-state index in [-0.39, 0.29) is 23.8 Å². The number of carbonyl (C=O) groups is 2. The molecule has 0 unspecified atom stereocenters. The zero-order valence-corrected chi connectivity index (χ0v) is 19.2. The van der Waals surface area contributed by atoms with Crippen LogP contribution < -0.4 is 10.1 Å². The first-order valence-corrected chi connectivity index (χ1v) is 10.4. The van der Waals surface area contributed by atoms with E-state index in [0.29, 0.717) is 12.3 Å². The quantitative estimate of drug-likeness (QED) is 0.670. The SMILES string of the molecule is CNC(=O)[C@H](C)N(Cc1cccc(Br)c1)C(=O)COc1ccc(C(C)(C)C)cc1. The van der Waals surface area contributed by atoms with Crippen LogP contribution in [0.5, 0.6) is 5.75 Å². The first-order chi connectivity index (χ1) is 13.6. The van der Waals surface area contributed by atoms with Crippen molar-refractivity contribution in [3.8, 4) is 5.75 Å². The molecule has 0 aromatic heterocycles. The highest BCUT2D eigenvalue weighted by Crippen LogP contribution is 2.24. The number of benzene rings is 2. The molecule has 2 amide bonds. The Labute approximate surface area is 181 Å². The predicted molar refractivity (Wildman–Crippen MR) is 119 cm³/mol. The van der Waals surface area contributed by atoms with Gasteiger partial charge in [-0.15, -0.1) is 0 Å². The Hall–Kier alpha value is -2.34. The van der Waals surface area contributed by atoms with Crippen molar-refractivity contribution in [3.63, 3.8) is 0 Å². The summed E-state index contributed by atoms with van der Waals surface area (Å²) in [6, 6.07) is 14.8. The summed E-state index contributed by atoms with van der Waals surface area (Å²) < 4.78 is 6.63. The number of nitrogens with one attached hydrogen (secondary N) is 1. The second-order valence-corrected chi connectivity index (χ2v) is 8.92. The molecule has 0 aliphatic heterocycles. The van der Waals surface area contributed by atoms with Crippen molar-refractivity contribution in [2.75, 3.05) is 13.7 Å². The maximum absolute atomic E-state index is 12.9. The largest absolute Gasteiger partial charge is 0.484 e. The number of hydrogen-bond donors (Lipinski definition) is 1. The molecule has 0 heterocycles. The lowest BCUT2D eigenvalue weighted by molar-refractivity contribution is -0.142. The van der Waals surface area contributed by atoms with Gasteiger partial charge in [0.2, 0.25) is 5.91 Å². The lowest BCUT2D eigenvalue weighted by Crippen LogP contribution is -2.48. The fraction of sp³-hybridized carbons (Fsp3) is 0.391. The van der Waals surface area contributed by atoms with Crippen LogP contribution in [-0.4, -0.2) is 36.4 Å². The molecule has 0 radical (unpaired) electrons. The first kappa shape index (κ1) is 22.9. The minimum atomic E-state index is -0.613. The third kappa shape index (κ3) is 6.60. The number of carbonyl (C=O) groups excluding carboxylic acids is 2. The molecule has 2 aromatic rings. The van der Waals surface area contributed by atoms with Gasteiger partial charge < -0.3 is 15.0 Å². The average molecular weight is 461 g/mol. The molecule has 2 rings (SSSR count). The van der Waals surface area contributed by atoms with Gasteiger partial charge in [0, 0.05) is 18.1 Å². The maximum Gasteiger partial charge on any atom is 0.261 e. The molecule has 1 N–H and O–H groups in total. The number of halogens is 1. The minimum absolute atomic E-state index is 0.0536. The minimum Gasteiger partial charge on any atom is -0.484 e. The standard InChI is InChI=1S/C23H29BrN2O3/c1-16(22(28)25-5)26(14-17-7-6-8-19(24)13-17)21(27)15-29-20-11-9-18(10-12-20)23(2,3)4/h6-13,16H,14-15H2,1-5H3,(H,25,28)/t16-/m0/s1. The molecular weight excluding hydrogens is 432 g/mol. The Morgan fingerprint density at radius 3 is 2.34 bits per heavy atom. The molecule has 5 nitrogen and oxygen atoms in total. The molecule has 0 aliphatic carbocycles. The predicted octanol–water partition coefficient (Wildman–Crippen LogP) is 4.29. The Kier molecular flexibility index (Phi) is 7.85. The molecular formula is C23H29BrN2O3. The van der Waals surface area contributed by atoms with Crippen molar-refractivity contribution in [2.24, 2.45) is 0 Å². The zero-order chi connectivity index (χ0) is 21.6. The van der Waals surface area contributed by atoms with Crippen molar-refractivity contribution in [1.82, 2.24) is 10.2 Å². The summed E-state index contributed by atoms with van der Waals surface area (Å²) in [4.78, 5) is 26.6. The van der Waals surface area contributed by atoms with E-state index < -0.39 is 6.04 Å². The van der Waals surface area contributed by atoms with Crippen LogP contribution in [0.4, 0.5) is 0 Å². The van der Waals surface area contributed by atoms with E-state index in [1.807, 2.05) is 48.5 Å². The van der Waals surface area contributed by atoms with E-state index >= 15 is 0 Å². The van der Waals surface area contributed by atoms with Gasteiger partial charge in [-0.05, 0) is 47.7 Å². The number of hydrogen-bond acceptors (Lipinski definition) is 3. The number of amides is 2. The van der Waals surface area contributed by atoms with Gasteiger partial charge in [-0.1, -0.05) is 61.0 Å². The van der Waals surface area contributed by atoms with Crippen molar-refractivity contribution >= 4 is 27.7 Å². The molecule has 6 heteroatoms. The molecule has 2 aromatic carbocycles. The van der Waals surface area contributed by atoms with Crippen LogP contribution >= 0.6 is 15.9 Å². The van der Waals surface area contributed by atoms with Gasteiger partial charge in [0.05, 0.1) is 0 Å². The molecule has 0 fully saturated rings. The molecule has 156 valence electrons. The van der Waals surface area contributed by atoms with Crippen molar-refractivity contribution in [1.29, 1.82) is 0 Å². The molecule has 29 heavy (non-hydrogen) atoms. The van der Waals surface area contributed by atoms with Gasteiger partial charge in [-0.25, -0.2) is 0 Å². The normalized spacial score (nSPS) is 12.2. The summed E-state index contributed by atoms with van der Waals surface area (Å²) in [6.07, 6.45) is 0. The lowest BCUT2D eigenvalue weighted by Gasteiger charge is -2.28. The molecule has 0 aliphatic rings. The molecule has 0 saturated heterocycles. The Bertz CT molecular complexity index is 844. The Morgan fingerprint density at radius 1 is 1.14 bits per heavy atom. The smallest absolute Gasteiger partial charge is 0.261 e. The van der Waals surface area contributed by atoms with Crippen LogP contribution in [0.1, 0.15) is 38.8 Å². The van der Waals surface area contributed by atoms with Gasteiger partial charge in [0.1, 0.15) is 11.8 Å². The second-order valence-electron chi connectivity index (χ2n) is 8.00. The van der Waals surface area contributed by atoms with Gasteiger partial charge in [0.15, 0.2) is 6.61 Å². The summed E-state index contributed by atoms with van der Waals surface area (Å²) in [5.41, 5.74) is 2.18. The van der Waals surface area contributed by atoms with Crippen LogP contribution in [0.2, 0.25) is 0 Å². The fourth-order valence-corrected chi connectivity index (χ4v) is 3.35. The number of likely N-dealkylation sites (N-methyl/N-ethyl adjacent to an activating group) is 1. The topological polar surface area (TPSA) is 58.6 Å². The van der Waals surface area contributed by atoms with E-state index in [1.165, 1.54) is 10.5 Å². The van der Waals surface area contributed by atoms with E-state index in [9.17, 15) is 9.59 Å². The number of rotatable bonds is 7. The Morgan fingerprint density at radius 2 is 1.79 bits per heavy atom. The van der Waals surface area contributed by atoms with E-state index in [4.69, 9.17) is 4.74 Å². The second kappa shape index (κ2) is 9.92. The van der Waals surface area contributed by atoms with E-state index in [0.717, 1.165) is 10.0 Å².